The largest absolute Gasteiger partial charge is 0.493 e. The number of carbonyl (C=O) groups excluding carboxylic acids is 1. The van der Waals surface area contributed by atoms with Crippen LogP contribution in [-0.4, -0.2) is 20.2 Å². The van der Waals surface area contributed by atoms with Crippen molar-refractivity contribution in [3.63, 3.8) is 0 Å². The molecule has 0 radical (unpaired) electrons. The molecule has 0 bridgehead atoms. The number of aryl methyl sites for hydroxylation is 1. The first-order valence-corrected chi connectivity index (χ1v) is 12.2. The van der Waals surface area contributed by atoms with E-state index in [9.17, 15) is 4.79 Å². The van der Waals surface area contributed by atoms with Crippen LogP contribution in [0.15, 0.2) is 79.4 Å². The molecular weight excluding hydrogens is 464 g/mol. The third kappa shape index (κ3) is 6.82. The van der Waals surface area contributed by atoms with Crippen LogP contribution in [0.5, 0.6) is 17.2 Å². The molecule has 0 spiro atoms. The van der Waals surface area contributed by atoms with Gasteiger partial charge in [0, 0.05) is 12.5 Å². The van der Waals surface area contributed by atoms with Gasteiger partial charge in [-0.05, 0) is 64.9 Å². The maximum absolute atomic E-state index is 11.9. The first kappa shape index (κ1) is 27.6. The fraction of sp³-hybridized carbons (Fsp3) is 0.281. The molecule has 1 unspecified atom stereocenters. The summed E-state index contributed by atoms with van der Waals surface area (Å²) in [5.74, 6) is 2.17. The molecule has 37 heavy (non-hydrogen) atoms. The fourth-order valence-electron chi connectivity index (χ4n) is 4.02. The molecule has 0 aliphatic carbocycles. The molecule has 0 N–H and O–H groups in total. The Balaban J connectivity index is 1.91. The molecule has 0 saturated heterocycles. The Kier molecular flexibility index (Phi) is 8.82. The molecule has 0 amide bonds. The van der Waals surface area contributed by atoms with Crippen molar-refractivity contribution in [3.05, 3.63) is 107 Å². The topological polar surface area (TPSA) is 54.0 Å². The number of methoxy groups -OCH3 is 2. The smallest absolute Gasteiger partial charge is 0.303 e. The minimum atomic E-state index is -0.517. The van der Waals surface area contributed by atoms with Gasteiger partial charge in [-0.2, -0.15) is 0 Å². The summed E-state index contributed by atoms with van der Waals surface area (Å²) in [4.78, 5) is 11.9. The van der Waals surface area contributed by atoms with Crippen molar-refractivity contribution in [1.82, 2.24) is 0 Å². The van der Waals surface area contributed by atoms with Crippen LogP contribution >= 0.6 is 0 Å². The second-order valence-corrected chi connectivity index (χ2v) is 9.82. The summed E-state index contributed by atoms with van der Waals surface area (Å²) in [7, 11) is 3.21. The van der Waals surface area contributed by atoms with Crippen LogP contribution in [0.25, 0.3) is 5.76 Å². The minimum Gasteiger partial charge on any atom is -0.493 e. The van der Waals surface area contributed by atoms with Crippen LogP contribution in [0.4, 0.5) is 0 Å². The second-order valence-electron chi connectivity index (χ2n) is 9.82. The monoisotopic (exact) mass is 500 g/mol. The standard InChI is InChI=1S/C32H36O5/c1-9-10-28(27-20-30(35-8)29(34-7)19-21(27)2)37-26-17-13-24(14-18-26)31(36-22(3)33)23-11-15-25(16-12-23)32(4,5)6/h9-20,31H,1H2,2-8H3/b28-10+. The summed E-state index contributed by atoms with van der Waals surface area (Å²) in [5.41, 5.74) is 4.84. The van der Waals surface area contributed by atoms with Gasteiger partial charge in [-0.1, -0.05) is 69.8 Å². The highest BCUT2D eigenvalue weighted by molar-refractivity contribution is 5.69. The molecule has 0 saturated carbocycles. The van der Waals surface area contributed by atoms with Crippen molar-refractivity contribution in [1.29, 1.82) is 0 Å². The van der Waals surface area contributed by atoms with Crippen molar-refractivity contribution in [2.45, 2.75) is 46.1 Å². The zero-order valence-corrected chi connectivity index (χ0v) is 22.8. The van der Waals surface area contributed by atoms with Crippen molar-refractivity contribution in [3.8, 4) is 17.2 Å². The summed E-state index contributed by atoms with van der Waals surface area (Å²) in [6.45, 7) is 13.7. The van der Waals surface area contributed by atoms with Crippen LogP contribution in [0.1, 0.15) is 61.6 Å². The maximum Gasteiger partial charge on any atom is 0.303 e. The second kappa shape index (κ2) is 11.8. The van der Waals surface area contributed by atoms with Gasteiger partial charge in [-0.25, -0.2) is 0 Å². The zero-order chi connectivity index (χ0) is 27.2. The molecule has 5 heteroatoms. The quantitative estimate of drug-likeness (QED) is 0.172. The highest BCUT2D eigenvalue weighted by Crippen LogP contribution is 2.35. The van der Waals surface area contributed by atoms with Crippen LogP contribution in [-0.2, 0) is 14.9 Å². The van der Waals surface area contributed by atoms with E-state index in [-0.39, 0.29) is 11.4 Å². The van der Waals surface area contributed by atoms with Gasteiger partial charge >= 0.3 is 5.97 Å². The number of carbonyl (C=O) groups is 1. The van der Waals surface area contributed by atoms with E-state index < -0.39 is 6.10 Å². The lowest BCUT2D eigenvalue weighted by molar-refractivity contribution is -0.144. The first-order valence-electron chi connectivity index (χ1n) is 12.2. The fourth-order valence-corrected chi connectivity index (χ4v) is 4.02. The molecule has 0 heterocycles. The predicted octanol–water partition coefficient (Wildman–Crippen LogP) is 7.57. The van der Waals surface area contributed by atoms with E-state index in [1.807, 2.05) is 55.5 Å². The Morgan fingerprint density at radius 1 is 0.892 bits per heavy atom. The van der Waals surface area contributed by atoms with Crippen LogP contribution in [0.2, 0.25) is 0 Å². The molecule has 3 aromatic carbocycles. The van der Waals surface area contributed by atoms with Gasteiger partial charge in [0.25, 0.3) is 0 Å². The summed E-state index contributed by atoms with van der Waals surface area (Å²) >= 11 is 0. The first-order chi connectivity index (χ1) is 17.6. The van der Waals surface area contributed by atoms with E-state index in [2.05, 4.69) is 39.5 Å². The van der Waals surface area contributed by atoms with Crippen molar-refractivity contribution in [2.75, 3.05) is 14.2 Å². The van der Waals surface area contributed by atoms with E-state index in [0.717, 1.165) is 22.3 Å². The summed E-state index contributed by atoms with van der Waals surface area (Å²) in [5, 5.41) is 0. The Labute approximate surface area is 220 Å². The number of hydrogen-bond donors (Lipinski definition) is 0. The highest BCUT2D eigenvalue weighted by atomic mass is 16.5. The predicted molar refractivity (Wildman–Crippen MR) is 148 cm³/mol. The van der Waals surface area contributed by atoms with Crippen molar-refractivity contribution < 1.29 is 23.7 Å². The number of benzene rings is 3. The highest BCUT2D eigenvalue weighted by Gasteiger charge is 2.20. The van der Waals surface area contributed by atoms with Gasteiger partial charge < -0.3 is 18.9 Å². The third-order valence-electron chi connectivity index (χ3n) is 6.04. The van der Waals surface area contributed by atoms with E-state index in [1.54, 1.807) is 26.4 Å². The van der Waals surface area contributed by atoms with Gasteiger partial charge in [0.15, 0.2) is 17.6 Å². The average molecular weight is 501 g/mol. The molecule has 0 fully saturated rings. The lowest BCUT2D eigenvalue weighted by Crippen LogP contribution is -2.13. The van der Waals surface area contributed by atoms with Gasteiger partial charge in [0.2, 0.25) is 0 Å². The Hall–Kier alpha value is -3.99. The lowest BCUT2D eigenvalue weighted by Gasteiger charge is -2.22. The SMILES string of the molecule is C=C/C=C(/Oc1ccc(C(OC(C)=O)c2ccc(C(C)(C)C)cc2)cc1)c1cc(OC)c(OC)cc1C. The van der Waals surface area contributed by atoms with E-state index >= 15 is 0 Å². The average Bonchev–Trinajstić information content (AvgIpc) is 2.87. The Bertz CT molecular complexity index is 1260. The maximum atomic E-state index is 11.9. The van der Waals surface area contributed by atoms with E-state index in [1.165, 1.54) is 12.5 Å². The molecule has 5 nitrogen and oxygen atoms in total. The molecule has 3 rings (SSSR count). The van der Waals surface area contributed by atoms with Crippen molar-refractivity contribution in [2.24, 2.45) is 0 Å². The number of allylic oxidation sites excluding steroid dienone is 2. The molecule has 3 aromatic rings. The third-order valence-corrected chi connectivity index (χ3v) is 6.04. The Morgan fingerprint density at radius 3 is 1.92 bits per heavy atom. The molecule has 0 aromatic heterocycles. The molecule has 0 aliphatic rings. The summed E-state index contributed by atoms with van der Waals surface area (Å²) in [6, 6.07) is 19.5. The van der Waals surface area contributed by atoms with Gasteiger partial charge in [0.1, 0.15) is 11.5 Å². The van der Waals surface area contributed by atoms with Gasteiger partial charge in [-0.15, -0.1) is 0 Å². The van der Waals surface area contributed by atoms with Crippen LogP contribution in [0.3, 0.4) is 0 Å². The van der Waals surface area contributed by atoms with E-state index in [0.29, 0.717) is 23.0 Å². The van der Waals surface area contributed by atoms with Crippen LogP contribution < -0.4 is 14.2 Å². The van der Waals surface area contributed by atoms with Crippen molar-refractivity contribution >= 4 is 11.7 Å². The lowest BCUT2D eigenvalue weighted by atomic mass is 9.86. The normalized spacial score (nSPS) is 12.5. The number of ether oxygens (including phenoxy) is 4. The molecule has 0 aliphatic heterocycles. The van der Waals surface area contributed by atoms with Gasteiger partial charge in [-0.3, -0.25) is 4.79 Å². The molecule has 194 valence electrons. The van der Waals surface area contributed by atoms with Gasteiger partial charge in [0.05, 0.1) is 14.2 Å². The van der Waals surface area contributed by atoms with E-state index in [4.69, 9.17) is 18.9 Å². The molecule has 1 atom stereocenters. The summed E-state index contributed by atoms with van der Waals surface area (Å²) < 4.78 is 22.9. The molecular formula is C32H36O5. The Morgan fingerprint density at radius 2 is 1.43 bits per heavy atom. The number of hydrogen-bond acceptors (Lipinski definition) is 5. The summed E-state index contributed by atoms with van der Waals surface area (Å²) in [6.07, 6.45) is 2.97. The number of esters is 1. The number of rotatable bonds is 9. The minimum absolute atomic E-state index is 0.0391. The van der Waals surface area contributed by atoms with Crippen LogP contribution in [0, 0.1) is 6.92 Å². The zero-order valence-electron chi connectivity index (χ0n) is 22.8.